The molecule has 2 rings (SSSR count). The smallest absolute Gasteiger partial charge is 0.238 e. The number of hydrogen-bond donors (Lipinski definition) is 5. The summed E-state index contributed by atoms with van der Waals surface area (Å²) in [6.07, 6.45) is 6.29. The lowest BCUT2D eigenvalue weighted by Crippen LogP contribution is -2.22. The third kappa shape index (κ3) is 10.5. The first-order valence-corrected chi connectivity index (χ1v) is 13.4. The summed E-state index contributed by atoms with van der Waals surface area (Å²) < 4.78 is 28.5. The number of ether oxygens (including phenoxy) is 1. The Hall–Kier alpha value is -2.01. The zero-order chi connectivity index (χ0) is 24.8. The molecule has 0 saturated heterocycles. The van der Waals surface area contributed by atoms with E-state index in [9.17, 15) is 23.7 Å². The average molecular weight is 495 g/mol. The lowest BCUT2D eigenvalue weighted by molar-refractivity contribution is 0.127. The van der Waals surface area contributed by atoms with Crippen molar-refractivity contribution in [3.8, 4) is 5.75 Å². The molecule has 0 radical (unpaired) electrons. The van der Waals surface area contributed by atoms with E-state index in [0.29, 0.717) is 24.3 Å². The molecule has 9 heteroatoms. The van der Waals surface area contributed by atoms with Gasteiger partial charge in [0, 0.05) is 25.3 Å². The first kappa shape index (κ1) is 28.2. The second kappa shape index (κ2) is 15.1. The number of phenols is 1. The standard InChI is InChI=1S/C25H38N2O6S/c26-34(31,32)23-10-6-8-20(16-23)9-7-15-33-14-5-3-1-2-4-13-27-18-25(30)21-11-12-24(29)22(17-21)19-28/h6,8,10-12,16-17,25,27-30H,1-5,7,9,13-15,18-19H2,(H2,26,31,32)/t25-/m1/s1. The van der Waals surface area contributed by atoms with Gasteiger partial charge in [-0.05, 0) is 67.6 Å². The molecule has 2 aromatic carbocycles. The Morgan fingerprint density at radius 2 is 1.71 bits per heavy atom. The van der Waals surface area contributed by atoms with Crippen LogP contribution in [0.4, 0.5) is 0 Å². The summed E-state index contributed by atoms with van der Waals surface area (Å²) in [5.41, 5.74) is 2.02. The van der Waals surface area contributed by atoms with E-state index in [0.717, 1.165) is 63.7 Å². The van der Waals surface area contributed by atoms with Crippen LogP contribution in [0.1, 0.15) is 61.3 Å². The number of aliphatic hydroxyl groups is 2. The summed E-state index contributed by atoms with van der Waals surface area (Å²) in [7, 11) is -3.66. The summed E-state index contributed by atoms with van der Waals surface area (Å²) in [4.78, 5) is 0.145. The van der Waals surface area contributed by atoms with E-state index < -0.39 is 16.1 Å². The molecule has 1 atom stereocenters. The molecule has 0 fully saturated rings. The van der Waals surface area contributed by atoms with Crippen molar-refractivity contribution in [1.29, 1.82) is 0 Å². The van der Waals surface area contributed by atoms with Gasteiger partial charge in [-0.3, -0.25) is 0 Å². The summed E-state index contributed by atoms with van der Waals surface area (Å²) in [6, 6.07) is 11.5. The quantitative estimate of drug-likeness (QED) is 0.213. The fourth-order valence-electron chi connectivity index (χ4n) is 3.64. The molecule has 0 aromatic heterocycles. The molecule has 6 N–H and O–H groups in total. The predicted octanol–water partition coefficient (Wildman–Crippen LogP) is 2.75. The number of unbranched alkanes of at least 4 members (excludes halogenated alkanes) is 4. The molecule has 34 heavy (non-hydrogen) atoms. The van der Waals surface area contributed by atoms with Crippen LogP contribution in [0, 0.1) is 0 Å². The Morgan fingerprint density at radius 3 is 2.47 bits per heavy atom. The van der Waals surface area contributed by atoms with Gasteiger partial charge in [0.1, 0.15) is 5.75 Å². The minimum Gasteiger partial charge on any atom is -0.508 e. The summed E-state index contributed by atoms with van der Waals surface area (Å²) in [5, 5.41) is 37.4. The van der Waals surface area contributed by atoms with Crippen LogP contribution >= 0.6 is 0 Å². The molecular weight excluding hydrogens is 456 g/mol. The Morgan fingerprint density at radius 1 is 0.971 bits per heavy atom. The van der Waals surface area contributed by atoms with Crippen LogP contribution in [0.25, 0.3) is 0 Å². The van der Waals surface area contributed by atoms with Crippen LogP contribution in [0.15, 0.2) is 47.4 Å². The lowest BCUT2D eigenvalue weighted by atomic mass is 10.1. The molecule has 0 aliphatic rings. The summed E-state index contributed by atoms with van der Waals surface area (Å²) in [5.74, 6) is 0.0324. The van der Waals surface area contributed by atoms with Crippen molar-refractivity contribution in [1.82, 2.24) is 5.32 Å². The molecule has 0 amide bonds. The Kier molecular flexibility index (Phi) is 12.5. The first-order chi connectivity index (χ1) is 16.3. The molecule has 0 saturated carbocycles. The Bertz CT molecular complexity index is 968. The highest BCUT2D eigenvalue weighted by Gasteiger charge is 2.10. The van der Waals surface area contributed by atoms with Gasteiger partial charge < -0.3 is 25.4 Å². The predicted molar refractivity (Wildman–Crippen MR) is 132 cm³/mol. The molecule has 0 heterocycles. The minimum absolute atomic E-state index is 0.0324. The van der Waals surface area contributed by atoms with Gasteiger partial charge in [-0.2, -0.15) is 0 Å². The number of aliphatic hydroxyl groups excluding tert-OH is 2. The van der Waals surface area contributed by atoms with Gasteiger partial charge in [0.15, 0.2) is 0 Å². The number of benzene rings is 2. The Labute approximate surface area is 202 Å². The van der Waals surface area contributed by atoms with Crippen molar-refractivity contribution >= 4 is 10.0 Å². The highest BCUT2D eigenvalue weighted by Crippen LogP contribution is 2.22. The molecule has 0 unspecified atom stereocenters. The average Bonchev–Trinajstić information content (AvgIpc) is 2.81. The van der Waals surface area contributed by atoms with Crippen molar-refractivity contribution in [2.75, 3.05) is 26.3 Å². The zero-order valence-corrected chi connectivity index (χ0v) is 20.5. The number of aryl methyl sites for hydroxylation is 1. The first-order valence-electron chi connectivity index (χ1n) is 11.8. The van der Waals surface area contributed by atoms with Crippen LogP contribution in [0.5, 0.6) is 5.75 Å². The van der Waals surface area contributed by atoms with Crippen molar-refractivity contribution in [3.05, 3.63) is 59.2 Å². The number of sulfonamides is 1. The number of nitrogens with one attached hydrogen (secondary N) is 1. The van der Waals surface area contributed by atoms with Gasteiger partial charge >= 0.3 is 0 Å². The molecular formula is C25H38N2O6S. The molecule has 0 bridgehead atoms. The number of nitrogens with two attached hydrogens (primary N) is 1. The molecule has 8 nitrogen and oxygen atoms in total. The van der Waals surface area contributed by atoms with Gasteiger partial charge in [0.2, 0.25) is 10.0 Å². The van der Waals surface area contributed by atoms with Gasteiger partial charge in [0.25, 0.3) is 0 Å². The zero-order valence-electron chi connectivity index (χ0n) is 19.7. The van der Waals surface area contributed by atoms with Gasteiger partial charge in [-0.15, -0.1) is 0 Å². The van der Waals surface area contributed by atoms with E-state index in [1.807, 2.05) is 6.07 Å². The van der Waals surface area contributed by atoms with E-state index in [-0.39, 0.29) is 17.3 Å². The monoisotopic (exact) mass is 494 g/mol. The second-order valence-corrected chi connectivity index (χ2v) is 10.0. The van der Waals surface area contributed by atoms with Crippen molar-refractivity contribution in [2.45, 2.75) is 62.6 Å². The van der Waals surface area contributed by atoms with Gasteiger partial charge in [0.05, 0.1) is 17.6 Å². The largest absolute Gasteiger partial charge is 0.508 e. The van der Waals surface area contributed by atoms with Crippen LogP contribution in [0.3, 0.4) is 0 Å². The van der Waals surface area contributed by atoms with Gasteiger partial charge in [-0.1, -0.05) is 37.5 Å². The van der Waals surface area contributed by atoms with Gasteiger partial charge in [-0.25, -0.2) is 13.6 Å². The number of aromatic hydroxyl groups is 1. The van der Waals surface area contributed by atoms with Crippen LogP contribution in [-0.4, -0.2) is 50.0 Å². The second-order valence-electron chi connectivity index (χ2n) is 8.44. The SMILES string of the molecule is NS(=O)(=O)c1cccc(CCCOCCCCCCCNC[C@@H](O)c2ccc(O)c(CO)c2)c1. The van der Waals surface area contributed by atoms with Crippen LogP contribution < -0.4 is 10.5 Å². The highest BCUT2D eigenvalue weighted by molar-refractivity contribution is 7.89. The van der Waals surface area contributed by atoms with E-state index >= 15 is 0 Å². The van der Waals surface area contributed by atoms with Crippen molar-refractivity contribution < 1.29 is 28.5 Å². The van der Waals surface area contributed by atoms with E-state index in [1.54, 1.807) is 24.3 Å². The molecule has 190 valence electrons. The van der Waals surface area contributed by atoms with Crippen molar-refractivity contribution in [2.24, 2.45) is 5.14 Å². The topological polar surface area (TPSA) is 142 Å². The van der Waals surface area contributed by atoms with E-state index in [4.69, 9.17) is 9.88 Å². The highest BCUT2D eigenvalue weighted by atomic mass is 32.2. The normalized spacial score (nSPS) is 12.7. The number of primary sulfonamides is 1. The summed E-state index contributed by atoms with van der Waals surface area (Å²) in [6.45, 7) is 2.36. The summed E-state index contributed by atoms with van der Waals surface area (Å²) >= 11 is 0. The minimum atomic E-state index is -3.66. The Balaban J connectivity index is 1.43. The van der Waals surface area contributed by atoms with E-state index in [1.165, 1.54) is 12.1 Å². The third-order valence-electron chi connectivity index (χ3n) is 5.62. The fourth-order valence-corrected chi connectivity index (χ4v) is 4.22. The molecule has 0 aliphatic heterocycles. The lowest BCUT2D eigenvalue weighted by Gasteiger charge is -2.14. The number of hydrogen-bond acceptors (Lipinski definition) is 7. The maximum absolute atomic E-state index is 11.4. The third-order valence-corrected chi connectivity index (χ3v) is 6.53. The molecule has 0 aliphatic carbocycles. The fraction of sp³-hybridized carbons (Fsp3) is 0.520. The maximum Gasteiger partial charge on any atom is 0.238 e. The van der Waals surface area contributed by atoms with Crippen LogP contribution in [-0.2, 0) is 27.8 Å². The molecule has 2 aromatic rings. The van der Waals surface area contributed by atoms with E-state index in [2.05, 4.69) is 5.32 Å². The van der Waals surface area contributed by atoms with Crippen molar-refractivity contribution in [3.63, 3.8) is 0 Å². The van der Waals surface area contributed by atoms with Crippen LogP contribution in [0.2, 0.25) is 0 Å². The molecule has 0 spiro atoms. The maximum atomic E-state index is 11.4. The number of rotatable bonds is 17.